The summed E-state index contributed by atoms with van der Waals surface area (Å²) in [7, 11) is 1.80. The molecule has 31 heavy (non-hydrogen) atoms. The zero-order valence-corrected chi connectivity index (χ0v) is 17.4. The van der Waals surface area contributed by atoms with Crippen LogP contribution in [0.2, 0.25) is 0 Å². The van der Waals surface area contributed by atoms with E-state index >= 15 is 0 Å². The third-order valence-corrected chi connectivity index (χ3v) is 5.03. The fraction of sp³-hybridized carbons (Fsp3) is 0.273. The molecular formula is C22H22N6O3. The molecular weight excluding hydrogens is 396 g/mol. The Kier molecular flexibility index (Phi) is 5.33. The SMILES string of the molecule is CC(C)C[C@H](C(=O)Nc1nccc(-c2cnn(C)c2)n1)N1C(=O)c2ccccc2C1=O. The number of nitrogens with zero attached hydrogens (tertiary/aromatic N) is 5. The normalized spacial score (nSPS) is 14.1. The lowest BCUT2D eigenvalue weighted by Crippen LogP contribution is -2.48. The van der Waals surface area contributed by atoms with Gasteiger partial charge in [0.25, 0.3) is 11.8 Å². The van der Waals surface area contributed by atoms with Crippen molar-refractivity contribution in [1.29, 1.82) is 0 Å². The van der Waals surface area contributed by atoms with E-state index in [9.17, 15) is 14.4 Å². The minimum absolute atomic E-state index is 0.0720. The standard InChI is InChI=1S/C22H22N6O3/c1-13(2)10-18(28-20(30)15-6-4-5-7-16(15)21(28)31)19(29)26-22-23-9-8-17(25-22)14-11-24-27(3)12-14/h4-9,11-13,18H,10H2,1-3H3,(H,23,25,26,29)/t18-/m1/s1. The number of nitrogens with one attached hydrogen (secondary N) is 1. The average Bonchev–Trinajstić information content (AvgIpc) is 3.28. The van der Waals surface area contributed by atoms with Gasteiger partial charge in [-0.3, -0.25) is 29.3 Å². The largest absolute Gasteiger partial charge is 0.293 e. The predicted molar refractivity (Wildman–Crippen MR) is 113 cm³/mol. The molecule has 0 bridgehead atoms. The fourth-order valence-electron chi connectivity index (χ4n) is 3.59. The van der Waals surface area contributed by atoms with Gasteiger partial charge in [-0.05, 0) is 30.5 Å². The third kappa shape index (κ3) is 3.94. The number of aromatic nitrogens is 4. The van der Waals surface area contributed by atoms with Crippen LogP contribution in [-0.4, -0.2) is 48.4 Å². The van der Waals surface area contributed by atoms with E-state index in [4.69, 9.17) is 0 Å². The van der Waals surface area contributed by atoms with E-state index in [2.05, 4.69) is 20.4 Å². The van der Waals surface area contributed by atoms with Crippen LogP contribution in [0.15, 0.2) is 48.9 Å². The smallest absolute Gasteiger partial charge is 0.262 e. The van der Waals surface area contributed by atoms with E-state index in [1.54, 1.807) is 54.5 Å². The van der Waals surface area contributed by atoms with Gasteiger partial charge in [-0.1, -0.05) is 26.0 Å². The number of carbonyl (C=O) groups excluding carboxylic acids is 3. The van der Waals surface area contributed by atoms with Crippen LogP contribution in [-0.2, 0) is 11.8 Å². The van der Waals surface area contributed by atoms with Gasteiger partial charge in [-0.2, -0.15) is 5.10 Å². The Morgan fingerprint density at radius 2 is 1.77 bits per heavy atom. The molecule has 0 fully saturated rings. The van der Waals surface area contributed by atoms with Crippen molar-refractivity contribution in [2.75, 3.05) is 5.32 Å². The van der Waals surface area contributed by atoms with Gasteiger partial charge in [0.05, 0.1) is 23.0 Å². The first-order chi connectivity index (χ1) is 14.8. The Morgan fingerprint density at radius 1 is 1.10 bits per heavy atom. The Morgan fingerprint density at radius 3 is 2.35 bits per heavy atom. The van der Waals surface area contributed by atoms with E-state index in [-0.39, 0.29) is 11.9 Å². The molecule has 0 unspecified atom stereocenters. The molecule has 0 saturated heterocycles. The molecule has 1 aliphatic heterocycles. The molecule has 1 aromatic carbocycles. The van der Waals surface area contributed by atoms with Gasteiger partial charge in [0.15, 0.2) is 0 Å². The maximum Gasteiger partial charge on any atom is 0.262 e. The first-order valence-corrected chi connectivity index (χ1v) is 9.95. The number of carbonyl (C=O) groups is 3. The van der Waals surface area contributed by atoms with Crippen LogP contribution in [0.1, 0.15) is 41.0 Å². The minimum atomic E-state index is -0.974. The molecule has 158 valence electrons. The lowest BCUT2D eigenvalue weighted by molar-refractivity contribution is -0.120. The van der Waals surface area contributed by atoms with Crippen molar-refractivity contribution in [2.24, 2.45) is 13.0 Å². The van der Waals surface area contributed by atoms with Crippen molar-refractivity contribution >= 4 is 23.7 Å². The molecule has 1 atom stereocenters. The second-order valence-electron chi connectivity index (χ2n) is 7.83. The number of anilines is 1. The zero-order valence-electron chi connectivity index (χ0n) is 17.4. The highest BCUT2D eigenvalue weighted by atomic mass is 16.2. The molecule has 0 radical (unpaired) electrons. The van der Waals surface area contributed by atoms with Gasteiger partial charge in [0, 0.05) is 25.0 Å². The van der Waals surface area contributed by atoms with Crippen LogP contribution in [0.5, 0.6) is 0 Å². The van der Waals surface area contributed by atoms with Crippen molar-refractivity contribution in [3.63, 3.8) is 0 Å². The van der Waals surface area contributed by atoms with Crippen molar-refractivity contribution in [3.8, 4) is 11.3 Å². The first kappa shape index (κ1) is 20.4. The Hall–Kier alpha value is -3.88. The maximum atomic E-state index is 13.2. The van der Waals surface area contributed by atoms with Crippen molar-refractivity contribution in [3.05, 3.63) is 60.0 Å². The van der Waals surface area contributed by atoms with Gasteiger partial charge < -0.3 is 0 Å². The number of hydrogen-bond acceptors (Lipinski definition) is 6. The van der Waals surface area contributed by atoms with E-state index < -0.39 is 23.8 Å². The van der Waals surface area contributed by atoms with E-state index in [0.29, 0.717) is 23.2 Å². The summed E-state index contributed by atoms with van der Waals surface area (Å²) in [4.78, 5) is 48.5. The minimum Gasteiger partial charge on any atom is -0.293 e. The molecule has 9 nitrogen and oxygen atoms in total. The van der Waals surface area contributed by atoms with E-state index in [0.717, 1.165) is 10.5 Å². The Labute approximate surface area is 179 Å². The third-order valence-electron chi connectivity index (χ3n) is 5.03. The topological polar surface area (TPSA) is 110 Å². The number of imide groups is 1. The van der Waals surface area contributed by atoms with Gasteiger partial charge in [-0.25, -0.2) is 9.97 Å². The van der Waals surface area contributed by atoms with E-state index in [1.807, 2.05) is 13.8 Å². The molecule has 3 heterocycles. The number of aryl methyl sites for hydroxylation is 1. The molecule has 0 aliphatic carbocycles. The number of hydrogen-bond donors (Lipinski definition) is 1. The first-order valence-electron chi connectivity index (χ1n) is 9.95. The molecule has 0 saturated carbocycles. The monoisotopic (exact) mass is 418 g/mol. The van der Waals surface area contributed by atoms with E-state index in [1.165, 1.54) is 6.20 Å². The van der Waals surface area contributed by atoms with Gasteiger partial charge in [-0.15, -0.1) is 0 Å². The zero-order chi connectivity index (χ0) is 22.1. The summed E-state index contributed by atoms with van der Waals surface area (Å²) in [6.45, 7) is 3.86. The highest BCUT2D eigenvalue weighted by Crippen LogP contribution is 2.27. The van der Waals surface area contributed by atoms with Crippen LogP contribution in [0, 0.1) is 5.92 Å². The molecule has 3 amide bonds. The maximum absolute atomic E-state index is 13.2. The number of benzene rings is 1. The summed E-state index contributed by atoms with van der Waals surface area (Å²) in [5, 5.41) is 6.80. The van der Waals surface area contributed by atoms with Crippen LogP contribution in [0.3, 0.4) is 0 Å². The van der Waals surface area contributed by atoms with Crippen molar-refractivity contribution in [2.45, 2.75) is 26.3 Å². The van der Waals surface area contributed by atoms with Crippen LogP contribution < -0.4 is 5.32 Å². The lowest BCUT2D eigenvalue weighted by atomic mass is 10.0. The average molecular weight is 418 g/mol. The van der Waals surface area contributed by atoms with Crippen LogP contribution >= 0.6 is 0 Å². The molecule has 2 aromatic heterocycles. The molecule has 4 rings (SSSR count). The number of fused-ring (bicyclic) bond motifs is 1. The molecule has 1 aliphatic rings. The summed E-state index contributed by atoms with van der Waals surface area (Å²) in [6, 6.07) is 7.33. The number of rotatable bonds is 6. The highest BCUT2D eigenvalue weighted by Gasteiger charge is 2.42. The fourth-order valence-corrected chi connectivity index (χ4v) is 3.59. The quantitative estimate of drug-likeness (QED) is 0.616. The van der Waals surface area contributed by atoms with Crippen molar-refractivity contribution < 1.29 is 14.4 Å². The molecule has 9 heteroatoms. The Bertz CT molecular complexity index is 1130. The van der Waals surface area contributed by atoms with Crippen LogP contribution in [0.25, 0.3) is 11.3 Å². The van der Waals surface area contributed by atoms with Gasteiger partial charge >= 0.3 is 0 Å². The summed E-state index contributed by atoms with van der Waals surface area (Å²) in [5.41, 5.74) is 1.99. The second kappa shape index (κ2) is 8.10. The predicted octanol–water partition coefficient (Wildman–Crippen LogP) is 2.53. The second-order valence-corrected chi connectivity index (χ2v) is 7.83. The van der Waals surface area contributed by atoms with Gasteiger partial charge in [0.2, 0.25) is 11.9 Å². The number of amides is 3. The summed E-state index contributed by atoms with van der Waals surface area (Å²) < 4.78 is 1.65. The lowest BCUT2D eigenvalue weighted by Gasteiger charge is -2.26. The summed E-state index contributed by atoms with van der Waals surface area (Å²) in [5.74, 6) is -1.27. The van der Waals surface area contributed by atoms with Crippen LogP contribution in [0.4, 0.5) is 5.95 Å². The molecule has 0 spiro atoms. The molecule has 1 N–H and O–H groups in total. The Balaban J connectivity index is 1.60. The summed E-state index contributed by atoms with van der Waals surface area (Å²) >= 11 is 0. The van der Waals surface area contributed by atoms with Crippen molar-refractivity contribution in [1.82, 2.24) is 24.6 Å². The summed E-state index contributed by atoms with van der Waals surface area (Å²) in [6.07, 6.45) is 5.31. The van der Waals surface area contributed by atoms with Gasteiger partial charge in [0.1, 0.15) is 6.04 Å². The highest BCUT2D eigenvalue weighted by molar-refractivity contribution is 6.23. The molecule has 3 aromatic rings.